The van der Waals surface area contributed by atoms with Crippen molar-refractivity contribution in [2.24, 2.45) is 5.92 Å². The molecule has 0 aliphatic carbocycles. The number of hydrogen-bond donors (Lipinski definition) is 0. The molecule has 1 nitrogen and oxygen atoms in total. The van der Waals surface area contributed by atoms with Gasteiger partial charge in [0.2, 0.25) is 0 Å². The van der Waals surface area contributed by atoms with Crippen molar-refractivity contribution in [2.45, 2.75) is 13.8 Å². The summed E-state index contributed by atoms with van der Waals surface area (Å²) in [7, 11) is 1.77. The van der Waals surface area contributed by atoms with E-state index in [-0.39, 0.29) is 105 Å². The van der Waals surface area contributed by atoms with Gasteiger partial charge in [0.1, 0.15) is 0 Å². The summed E-state index contributed by atoms with van der Waals surface area (Å²) in [5.74, 6) is 0.509. The van der Waals surface area contributed by atoms with Gasteiger partial charge >= 0.3 is 0 Å². The summed E-state index contributed by atoms with van der Waals surface area (Å²) in [6.45, 7) is 7.77. The van der Waals surface area contributed by atoms with Gasteiger partial charge in [-0.15, -0.1) is 6.92 Å². The van der Waals surface area contributed by atoms with Gasteiger partial charge in [0.15, 0.2) is 0 Å². The van der Waals surface area contributed by atoms with E-state index in [4.69, 9.17) is 4.79 Å². The molecule has 6 heteroatoms. The quantitative estimate of drug-likeness (QED) is 0.363. The molecule has 0 aliphatic rings. The van der Waals surface area contributed by atoms with Crippen LogP contribution >= 0.6 is 9.24 Å². The fourth-order valence-corrected chi connectivity index (χ4v) is 0. The molecule has 0 heterocycles. The Morgan fingerprint density at radius 2 is 1.58 bits per heavy atom. The minimum Gasteiger partial charge on any atom is -0.537 e. The standard InChI is InChI=1S/C5H10.CH2OP.V.W.2Y/c1-4-5(2)3;2-1-3;;;;/h4-5H,2H2,1,3H3;3H2;;;;/q-2;-1;;;;. The van der Waals surface area contributed by atoms with Gasteiger partial charge in [-0.05, 0) is 0 Å². The molecule has 2 unspecified atom stereocenters. The van der Waals surface area contributed by atoms with Crippen LogP contribution in [0.2, 0.25) is 0 Å². The molecule has 0 aromatic carbocycles. The fraction of sp³-hybridized carbons (Fsp3) is 0.500. The molecule has 0 bridgehead atoms. The average molecular weight is 544 g/mol. The van der Waals surface area contributed by atoms with Crippen molar-refractivity contribution in [2.75, 3.05) is 0 Å². The fourth-order valence-electron chi connectivity index (χ4n) is 0. The van der Waals surface area contributed by atoms with Gasteiger partial charge in [-0.3, -0.25) is 9.24 Å². The summed E-state index contributed by atoms with van der Waals surface area (Å²) in [6.07, 6.45) is 2.06. The Bertz CT molecular complexity index is 60.8. The molecule has 0 fully saturated rings. The molecule has 2 atom stereocenters. The van der Waals surface area contributed by atoms with Crippen molar-refractivity contribution in [3.63, 3.8) is 0 Å². The van der Waals surface area contributed by atoms with Crippen molar-refractivity contribution in [1.29, 1.82) is 0 Å². The summed E-state index contributed by atoms with van der Waals surface area (Å²) < 4.78 is 0. The second-order valence-electron chi connectivity index (χ2n) is 1.43. The number of hydrogen-bond acceptors (Lipinski definition) is 1. The predicted molar refractivity (Wildman–Crippen MR) is 39.9 cm³/mol. The predicted octanol–water partition coefficient (Wildman–Crippen LogP) is 1.60. The van der Waals surface area contributed by atoms with Gasteiger partial charge < -0.3 is 24.1 Å². The minimum atomic E-state index is 0. The molecule has 0 aromatic rings. The average Bonchev–Trinajstić information content (AvgIpc) is 1.69. The Labute approximate surface area is 155 Å². The molecule has 67 valence electrons. The summed E-state index contributed by atoms with van der Waals surface area (Å²) >= 11 is 0. The Kier molecular flexibility index (Phi) is 110. The first kappa shape index (κ1) is 36.1. The normalized spacial score (nSPS) is 7.33. The van der Waals surface area contributed by atoms with Crippen LogP contribution in [0.15, 0.2) is 0 Å². The molecule has 12 heavy (non-hydrogen) atoms. The largest absolute Gasteiger partial charge is 0.537 e. The Morgan fingerprint density at radius 3 is 1.58 bits per heavy atom. The molecule has 0 aromatic heterocycles. The van der Waals surface area contributed by atoms with E-state index < -0.39 is 0 Å². The Balaban J connectivity index is -0.0000000119. The number of rotatable bonds is 1. The summed E-state index contributed by atoms with van der Waals surface area (Å²) in [4.78, 5) is 8.64. The summed E-state index contributed by atoms with van der Waals surface area (Å²) in [6, 6.07) is 1.42. The van der Waals surface area contributed by atoms with Crippen LogP contribution in [0.1, 0.15) is 13.8 Å². The van der Waals surface area contributed by atoms with E-state index in [2.05, 4.69) is 20.3 Å². The van der Waals surface area contributed by atoms with Crippen LogP contribution in [0.4, 0.5) is 0 Å². The van der Waals surface area contributed by atoms with Crippen LogP contribution in [0.3, 0.4) is 0 Å². The van der Waals surface area contributed by atoms with Crippen LogP contribution in [0.5, 0.6) is 0 Å². The molecule has 0 spiro atoms. The van der Waals surface area contributed by atoms with E-state index in [9.17, 15) is 0 Å². The van der Waals surface area contributed by atoms with Crippen LogP contribution in [-0.4, -0.2) is 6.03 Å². The summed E-state index contributed by atoms with van der Waals surface area (Å²) in [5.41, 5.74) is 0. The zero-order valence-electron chi connectivity index (χ0n) is 7.36. The van der Waals surface area contributed by atoms with Gasteiger partial charge in [0, 0.05) is 105 Å². The maximum atomic E-state index is 8.64. The SMILES string of the molecule is O=[C-]P.[CH2-]C(C)[CH-]C.[V].[W].[Y].[Y]. The van der Waals surface area contributed by atoms with Gasteiger partial charge in [0.25, 0.3) is 0 Å². The van der Waals surface area contributed by atoms with Crippen molar-refractivity contribution in [3.8, 4) is 0 Å². The van der Waals surface area contributed by atoms with Crippen molar-refractivity contribution in [1.82, 2.24) is 0 Å². The zero-order chi connectivity index (χ0) is 6.99. The smallest absolute Gasteiger partial charge is 0 e. The topological polar surface area (TPSA) is 17.1 Å². The molecular formula is C6H12OPVWY2-3. The maximum Gasteiger partial charge on any atom is 0 e. The third-order valence-corrected chi connectivity index (χ3v) is 0.569. The van der Waals surface area contributed by atoms with E-state index in [0.717, 1.165) is 0 Å². The summed E-state index contributed by atoms with van der Waals surface area (Å²) in [5, 5.41) is 0. The first-order chi connectivity index (χ1) is 3.68. The molecule has 0 amide bonds. The first-order valence-electron chi connectivity index (χ1n) is 2.39. The van der Waals surface area contributed by atoms with Crippen molar-refractivity contribution in [3.05, 3.63) is 13.3 Å². The van der Waals surface area contributed by atoms with Crippen LogP contribution < -0.4 is 0 Å². The van der Waals surface area contributed by atoms with E-state index in [1.54, 1.807) is 9.24 Å². The molecule has 0 N–H and O–H groups in total. The third-order valence-electron chi connectivity index (χ3n) is 0.569. The van der Waals surface area contributed by atoms with E-state index >= 15 is 0 Å². The third kappa shape index (κ3) is 69.0. The van der Waals surface area contributed by atoms with Gasteiger partial charge in [-0.2, -0.15) is 6.92 Å². The van der Waals surface area contributed by atoms with Crippen molar-refractivity contribution < 1.29 is 110 Å². The Hall–Kier alpha value is 3.58. The second kappa shape index (κ2) is 36.5. The monoisotopic (exact) mass is 544 g/mol. The van der Waals surface area contributed by atoms with E-state index in [0.29, 0.717) is 5.92 Å². The number of carbonyl (C=O) groups excluding carboxylic acids is 1. The molecule has 0 rings (SSSR count). The second-order valence-corrected chi connectivity index (χ2v) is 1.66. The van der Waals surface area contributed by atoms with Gasteiger partial charge in [-0.25, -0.2) is 6.03 Å². The van der Waals surface area contributed by atoms with Gasteiger partial charge in [-0.1, -0.05) is 0 Å². The van der Waals surface area contributed by atoms with Crippen LogP contribution in [0.25, 0.3) is 0 Å². The maximum absolute atomic E-state index is 8.64. The van der Waals surface area contributed by atoms with Crippen molar-refractivity contribution >= 4 is 15.3 Å². The Morgan fingerprint density at radius 1 is 1.50 bits per heavy atom. The molecule has 3 radical (unpaired) electrons. The van der Waals surface area contributed by atoms with Gasteiger partial charge in [0.05, 0.1) is 0 Å². The van der Waals surface area contributed by atoms with Crippen LogP contribution in [-0.2, 0) is 110 Å². The molecule has 0 saturated carbocycles. The zero-order valence-corrected chi connectivity index (χ0v) is 18.5. The van der Waals surface area contributed by atoms with Crippen LogP contribution in [0, 0.1) is 19.3 Å². The molecule has 0 aliphatic heterocycles. The molecule has 0 saturated heterocycles. The first-order valence-corrected chi connectivity index (χ1v) is 2.97. The van der Waals surface area contributed by atoms with E-state index in [1.807, 2.05) is 6.92 Å². The minimum absolute atomic E-state index is 0. The molecular weight excluding hydrogens is 532 g/mol. The van der Waals surface area contributed by atoms with E-state index in [1.165, 1.54) is 6.03 Å².